The second-order valence-electron chi connectivity index (χ2n) is 9.06. The van der Waals surface area contributed by atoms with E-state index in [1.807, 2.05) is 12.1 Å². The van der Waals surface area contributed by atoms with Crippen molar-refractivity contribution in [1.29, 1.82) is 0 Å². The third-order valence-corrected chi connectivity index (χ3v) is 6.34. The van der Waals surface area contributed by atoms with Crippen molar-refractivity contribution in [2.75, 3.05) is 0 Å². The molecule has 30 heavy (non-hydrogen) atoms. The van der Waals surface area contributed by atoms with Crippen LogP contribution in [-0.4, -0.2) is 15.2 Å². The average Bonchev–Trinajstić information content (AvgIpc) is 3.23. The van der Waals surface area contributed by atoms with E-state index in [-0.39, 0.29) is 5.60 Å². The number of hydrogen-bond donors (Lipinski definition) is 0. The summed E-state index contributed by atoms with van der Waals surface area (Å²) >= 11 is 5.68. The van der Waals surface area contributed by atoms with Crippen molar-refractivity contribution in [2.24, 2.45) is 5.92 Å². The van der Waals surface area contributed by atoms with E-state index in [4.69, 9.17) is 26.4 Å². The van der Waals surface area contributed by atoms with E-state index in [2.05, 4.69) is 62.6 Å². The Labute approximate surface area is 183 Å². The molecule has 1 atom stereocenters. The Kier molecular flexibility index (Phi) is 5.94. The van der Waals surface area contributed by atoms with Crippen LogP contribution in [-0.2, 0) is 24.3 Å². The first kappa shape index (κ1) is 21.0. The summed E-state index contributed by atoms with van der Waals surface area (Å²) in [5.41, 5.74) is 3.19. The maximum atomic E-state index is 6.06. The second-order valence-corrected chi connectivity index (χ2v) is 9.45. The molecule has 1 aliphatic heterocycles. The van der Waals surface area contributed by atoms with Crippen LogP contribution in [0.2, 0.25) is 0 Å². The van der Waals surface area contributed by atoms with E-state index >= 15 is 0 Å². The van der Waals surface area contributed by atoms with Gasteiger partial charge in [-0.05, 0) is 38.3 Å². The van der Waals surface area contributed by atoms with Gasteiger partial charge in [0, 0.05) is 35.7 Å². The summed E-state index contributed by atoms with van der Waals surface area (Å²) in [5.74, 6) is 2.83. The zero-order valence-corrected chi connectivity index (χ0v) is 19.0. The summed E-state index contributed by atoms with van der Waals surface area (Å²) in [5, 5.41) is 0. The lowest BCUT2D eigenvalue weighted by Crippen LogP contribution is -2.35. The summed E-state index contributed by atoms with van der Waals surface area (Å²) in [6, 6.07) is 14.4. The molecule has 158 valence electrons. The summed E-state index contributed by atoms with van der Waals surface area (Å²) < 4.78 is 14.9. The van der Waals surface area contributed by atoms with Crippen LogP contribution in [0.25, 0.3) is 11.4 Å². The zero-order chi connectivity index (χ0) is 21.3. The van der Waals surface area contributed by atoms with E-state index in [0.29, 0.717) is 23.1 Å². The first-order valence-electron chi connectivity index (χ1n) is 10.7. The highest BCUT2D eigenvalue weighted by atomic mass is 32.1. The van der Waals surface area contributed by atoms with Crippen molar-refractivity contribution in [2.45, 2.75) is 65.2 Å². The van der Waals surface area contributed by atoms with Crippen LogP contribution in [0.4, 0.5) is 0 Å². The van der Waals surface area contributed by atoms with Crippen LogP contribution in [0.15, 0.2) is 53.1 Å². The fraction of sp³-hybridized carbons (Fsp3) is 0.440. The molecule has 4 rings (SSSR count). The maximum Gasteiger partial charge on any atom is 0.141 e. The topological polar surface area (TPSA) is 40.2 Å². The lowest BCUT2D eigenvalue weighted by atomic mass is 9.89. The molecule has 5 heteroatoms. The van der Waals surface area contributed by atoms with Gasteiger partial charge in [0.2, 0.25) is 0 Å². The van der Waals surface area contributed by atoms with Gasteiger partial charge in [-0.2, -0.15) is 0 Å². The molecular formula is C25H30N2O2S. The van der Waals surface area contributed by atoms with Crippen molar-refractivity contribution in [3.8, 4) is 11.4 Å². The van der Waals surface area contributed by atoms with Crippen molar-refractivity contribution in [3.63, 3.8) is 0 Å². The van der Waals surface area contributed by atoms with Crippen LogP contribution in [0, 0.1) is 10.6 Å². The molecule has 2 aromatic heterocycles. The van der Waals surface area contributed by atoms with Gasteiger partial charge in [-0.1, -0.05) is 56.4 Å². The lowest BCUT2D eigenvalue weighted by molar-refractivity contribution is -0.0429. The van der Waals surface area contributed by atoms with Gasteiger partial charge in [-0.15, -0.1) is 0 Å². The zero-order valence-electron chi connectivity index (χ0n) is 18.2. The fourth-order valence-corrected chi connectivity index (χ4v) is 4.59. The predicted octanol–water partition coefficient (Wildman–Crippen LogP) is 6.55. The first-order valence-corrected chi connectivity index (χ1v) is 11.1. The molecule has 0 saturated carbocycles. The van der Waals surface area contributed by atoms with E-state index in [1.165, 1.54) is 5.69 Å². The first-order chi connectivity index (χ1) is 14.4. The van der Waals surface area contributed by atoms with Gasteiger partial charge in [0.15, 0.2) is 0 Å². The number of rotatable bonds is 6. The van der Waals surface area contributed by atoms with E-state index < -0.39 is 0 Å². The number of furan rings is 1. The van der Waals surface area contributed by atoms with Gasteiger partial charge in [0.05, 0.1) is 18.5 Å². The Morgan fingerprint density at radius 2 is 1.90 bits per heavy atom. The summed E-state index contributed by atoms with van der Waals surface area (Å²) in [6.45, 7) is 10.2. The lowest BCUT2D eigenvalue weighted by Gasteiger charge is -2.34. The highest BCUT2D eigenvalue weighted by molar-refractivity contribution is 7.71. The highest BCUT2D eigenvalue weighted by Gasteiger charge is 2.31. The minimum atomic E-state index is -0.218. The minimum absolute atomic E-state index is 0.218. The van der Waals surface area contributed by atoms with Gasteiger partial charge in [-0.3, -0.25) is 0 Å². The molecule has 0 fully saturated rings. The number of aromatic nitrogens is 2. The Hall–Kier alpha value is -2.24. The molecule has 0 saturated heterocycles. The van der Waals surface area contributed by atoms with Gasteiger partial charge < -0.3 is 13.7 Å². The summed E-state index contributed by atoms with van der Waals surface area (Å²) in [4.78, 5) is 4.86. The molecule has 0 spiro atoms. The average molecular weight is 423 g/mol. The number of ether oxygens (including phenoxy) is 1. The van der Waals surface area contributed by atoms with Crippen molar-refractivity contribution in [1.82, 2.24) is 9.55 Å². The molecule has 0 aliphatic carbocycles. The number of nitrogens with zero attached hydrogens (tertiary/aromatic N) is 2. The molecule has 3 heterocycles. The SMILES string of the molecule is CC(C)[C@@H](CCn1c(-c2ccccc2)nc(=S)c2c1CC(C)(C)OC2)c1ccco1. The standard InChI is InChI=1S/C25H30N2O2S/c1-17(2)19(22-11-8-14-28-22)12-13-27-21-15-25(3,4)29-16-20(21)24(30)26-23(27)18-9-6-5-7-10-18/h5-11,14,17,19H,12-13,15-16H2,1-4H3/t19-/m1/s1. The molecule has 3 aromatic rings. The molecule has 0 amide bonds. The van der Waals surface area contributed by atoms with Crippen LogP contribution < -0.4 is 0 Å². The van der Waals surface area contributed by atoms with Gasteiger partial charge >= 0.3 is 0 Å². The smallest absolute Gasteiger partial charge is 0.141 e. The normalized spacial score (nSPS) is 16.4. The quantitative estimate of drug-likeness (QED) is 0.422. The van der Waals surface area contributed by atoms with Crippen molar-refractivity contribution < 1.29 is 9.15 Å². The Morgan fingerprint density at radius 1 is 1.13 bits per heavy atom. The fourth-order valence-electron chi connectivity index (χ4n) is 4.33. The van der Waals surface area contributed by atoms with Gasteiger partial charge in [0.25, 0.3) is 0 Å². The Bertz CT molecular complexity index is 1050. The minimum Gasteiger partial charge on any atom is -0.469 e. The van der Waals surface area contributed by atoms with Crippen LogP contribution in [0.3, 0.4) is 0 Å². The van der Waals surface area contributed by atoms with Gasteiger partial charge in [-0.25, -0.2) is 4.98 Å². The largest absolute Gasteiger partial charge is 0.469 e. The maximum absolute atomic E-state index is 6.06. The molecule has 4 nitrogen and oxygen atoms in total. The van der Waals surface area contributed by atoms with E-state index in [0.717, 1.165) is 42.1 Å². The molecule has 1 aliphatic rings. The summed E-state index contributed by atoms with van der Waals surface area (Å²) in [6.07, 6.45) is 3.56. The van der Waals surface area contributed by atoms with Crippen LogP contribution in [0.1, 0.15) is 57.1 Å². The third-order valence-electron chi connectivity index (χ3n) is 6.00. The number of benzene rings is 1. The molecule has 0 bridgehead atoms. The molecule has 1 aromatic carbocycles. The third kappa shape index (κ3) is 4.28. The molecule has 0 unspecified atom stereocenters. The molecular weight excluding hydrogens is 392 g/mol. The molecule has 0 radical (unpaired) electrons. The van der Waals surface area contributed by atoms with Crippen LogP contribution >= 0.6 is 12.2 Å². The van der Waals surface area contributed by atoms with Crippen LogP contribution in [0.5, 0.6) is 0 Å². The number of hydrogen-bond acceptors (Lipinski definition) is 4. The van der Waals surface area contributed by atoms with Crippen molar-refractivity contribution in [3.05, 3.63) is 70.4 Å². The van der Waals surface area contributed by atoms with Crippen molar-refractivity contribution >= 4 is 12.2 Å². The second kappa shape index (κ2) is 8.48. The predicted molar refractivity (Wildman–Crippen MR) is 122 cm³/mol. The summed E-state index contributed by atoms with van der Waals surface area (Å²) in [7, 11) is 0. The monoisotopic (exact) mass is 422 g/mol. The highest BCUT2D eigenvalue weighted by Crippen LogP contribution is 2.34. The van der Waals surface area contributed by atoms with E-state index in [1.54, 1.807) is 6.26 Å². The Balaban J connectivity index is 1.79. The molecule has 0 N–H and O–H groups in total. The van der Waals surface area contributed by atoms with Gasteiger partial charge in [0.1, 0.15) is 16.2 Å². The Morgan fingerprint density at radius 3 is 2.57 bits per heavy atom. The van der Waals surface area contributed by atoms with E-state index in [9.17, 15) is 0 Å². The number of fused-ring (bicyclic) bond motifs is 1.